The van der Waals surface area contributed by atoms with E-state index in [1.807, 2.05) is 0 Å². The smallest absolute Gasteiger partial charge is 0.249 e. The van der Waals surface area contributed by atoms with Crippen molar-refractivity contribution in [1.82, 2.24) is 9.80 Å². The molecule has 0 spiro atoms. The second-order valence-electron chi connectivity index (χ2n) is 9.66. The number of aliphatic hydroxyl groups is 1. The van der Waals surface area contributed by atoms with Gasteiger partial charge in [0.1, 0.15) is 6.61 Å². The van der Waals surface area contributed by atoms with E-state index in [0.717, 1.165) is 64.8 Å². The first kappa shape index (κ1) is 20.4. The average molecular weight is 415 g/mol. The Labute approximate surface area is 179 Å². The lowest BCUT2D eigenvalue weighted by Crippen LogP contribution is -2.59. The van der Waals surface area contributed by atoms with Gasteiger partial charge < -0.3 is 19.5 Å². The van der Waals surface area contributed by atoms with Crippen LogP contribution in [0.1, 0.15) is 50.0 Å². The van der Waals surface area contributed by atoms with Crippen molar-refractivity contribution in [2.75, 3.05) is 39.5 Å². The predicted molar refractivity (Wildman–Crippen MR) is 113 cm³/mol. The largest absolute Gasteiger partial charge is 0.389 e. The molecule has 3 saturated heterocycles. The number of benzene rings is 1. The molecule has 5 rings (SSSR count). The van der Waals surface area contributed by atoms with Gasteiger partial charge in [-0.3, -0.25) is 9.69 Å². The van der Waals surface area contributed by atoms with Crippen LogP contribution in [0.4, 0.5) is 0 Å². The molecule has 1 N–H and O–H groups in total. The van der Waals surface area contributed by atoms with Crippen LogP contribution < -0.4 is 0 Å². The first-order valence-electron chi connectivity index (χ1n) is 11.6. The third kappa shape index (κ3) is 4.15. The molecule has 4 fully saturated rings. The predicted octanol–water partition coefficient (Wildman–Crippen LogP) is 2.17. The van der Waals surface area contributed by atoms with Crippen LogP contribution in [0.15, 0.2) is 30.3 Å². The molecular weight excluding hydrogens is 380 g/mol. The molecule has 164 valence electrons. The molecule has 3 aliphatic heterocycles. The highest BCUT2D eigenvalue weighted by Gasteiger charge is 2.47. The van der Waals surface area contributed by atoms with Crippen molar-refractivity contribution in [3.05, 3.63) is 35.9 Å². The number of hydrogen-bond acceptors (Lipinski definition) is 5. The van der Waals surface area contributed by atoms with E-state index in [4.69, 9.17) is 9.47 Å². The van der Waals surface area contributed by atoms with Gasteiger partial charge in [-0.2, -0.15) is 0 Å². The highest BCUT2D eigenvalue weighted by molar-refractivity contribution is 5.79. The van der Waals surface area contributed by atoms with E-state index in [0.29, 0.717) is 12.5 Å². The summed E-state index contributed by atoms with van der Waals surface area (Å²) in [6, 6.07) is 11.1. The van der Waals surface area contributed by atoms with Gasteiger partial charge in [-0.25, -0.2) is 0 Å². The van der Waals surface area contributed by atoms with Crippen molar-refractivity contribution >= 4 is 5.91 Å². The van der Waals surface area contributed by atoms with Crippen LogP contribution in [-0.4, -0.2) is 84.1 Å². The number of β-amino-alcohol motifs (C(OH)–C–C–N with tert-alkyl or cyclic N) is 1. The first-order chi connectivity index (χ1) is 14.6. The highest BCUT2D eigenvalue weighted by Crippen LogP contribution is 2.39. The van der Waals surface area contributed by atoms with Crippen LogP contribution >= 0.6 is 0 Å². The Kier molecular flexibility index (Phi) is 5.84. The zero-order valence-corrected chi connectivity index (χ0v) is 17.7. The monoisotopic (exact) mass is 414 g/mol. The Morgan fingerprint density at radius 1 is 1.03 bits per heavy atom. The fourth-order valence-electron chi connectivity index (χ4n) is 6.06. The van der Waals surface area contributed by atoms with E-state index in [1.165, 1.54) is 5.56 Å². The van der Waals surface area contributed by atoms with Gasteiger partial charge in [0.05, 0.1) is 17.7 Å². The van der Waals surface area contributed by atoms with E-state index in [9.17, 15) is 9.90 Å². The Bertz CT molecular complexity index is 728. The second-order valence-corrected chi connectivity index (χ2v) is 9.66. The summed E-state index contributed by atoms with van der Waals surface area (Å²) in [5.74, 6) is 0.671. The fraction of sp³-hybridized carbons (Fsp3) is 0.708. The van der Waals surface area contributed by atoms with Crippen molar-refractivity contribution in [2.45, 2.75) is 68.2 Å². The number of hydrogen-bond donors (Lipinski definition) is 1. The van der Waals surface area contributed by atoms with Crippen LogP contribution in [-0.2, 0) is 14.3 Å². The molecule has 6 nitrogen and oxygen atoms in total. The molecule has 1 aromatic rings. The van der Waals surface area contributed by atoms with E-state index >= 15 is 0 Å². The number of fused-ring (bicyclic) bond motifs is 1. The Morgan fingerprint density at radius 3 is 2.50 bits per heavy atom. The average Bonchev–Trinajstić information content (AvgIpc) is 3.17. The Hall–Kier alpha value is -1.47. The number of likely N-dealkylation sites (tertiary alicyclic amines) is 1. The van der Waals surface area contributed by atoms with Gasteiger partial charge in [0.2, 0.25) is 5.91 Å². The maximum absolute atomic E-state index is 12.7. The minimum Gasteiger partial charge on any atom is -0.389 e. The van der Waals surface area contributed by atoms with Gasteiger partial charge >= 0.3 is 0 Å². The molecular formula is C24H34N2O4. The molecule has 0 unspecified atom stereocenters. The Morgan fingerprint density at radius 2 is 1.77 bits per heavy atom. The van der Waals surface area contributed by atoms with Crippen molar-refractivity contribution in [2.24, 2.45) is 0 Å². The minimum absolute atomic E-state index is 0.0646. The number of nitrogens with zero attached hydrogens (tertiary/aromatic N) is 2. The van der Waals surface area contributed by atoms with Crippen LogP contribution in [0.25, 0.3) is 0 Å². The lowest BCUT2D eigenvalue weighted by molar-refractivity contribution is -0.159. The summed E-state index contributed by atoms with van der Waals surface area (Å²) in [7, 11) is 0. The molecule has 1 aromatic carbocycles. The number of ether oxygens (including phenoxy) is 2. The van der Waals surface area contributed by atoms with Crippen LogP contribution in [0.3, 0.4) is 0 Å². The molecule has 0 aromatic heterocycles. The maximum atomic E-state index is 12.7. The number of amides is 1. The first-order valence-corrected chi connectivity index (χ1v) is 11.6. The van der Waals surface area contributed by atoms with Crippen molar-refractivity contribution < 1.29 is 19.4 Å². The summed E-state index contributed by atoms with van der Waals surface area (Å²) in [5, 5.41) is 11.3. The quantitative estimate of drug-likeness (QED) is 0.818. The summed E-state index contributed by atoms with van der Waals surface area (Å²) in [6.07, 6.45) is 5.63. The molecule has 0 radical (unpaired) electrons. The van der Waals surface area contributed by atoms with E-state index < -0.39 is 5.60 Å². The fourth-order valence-corrected chi connectivity index (χ4v) is 6.06. The van der Waals surface area contributed by atoms with Crippen LogP contribution in [0.2, 0.25) is 0 Å². The van der Waals surface area contributed by atoms with Crippen LogP contribution in [0, 0.1) is 0 Å². The molecule has 1 saturated carbocycles. The van der Waals surface area contributed by atoms with Gasteiger partial charge in [-0.15, -0.1) is 0 Å². The molecule has 3 heterocycles. The summed E-state index contributed by atoms with van der Waals surface area (Å²) in [6.45, 7) is 3.95. The normalized spacial score (nSPS) is 36.1. The molecule has 30 heavy (non-hydrogen) atoms. The molecule has 1 aliphatic carbocycles. The molecule has 1 amide bonds. The van der Waals surface area contributed by atoms with Gasteiger partial charge in [0, 0.05) is 38.9 Å². The lowest BCUT2D eigenvalue weighted by atomic mass is 9.76. The highest BCUT2D eigenvalue weighted by atomic mass is 16.5. The summed E-state index contributed by atoms with van der Waals surface area (Å²) < 4.78 is 11.4. The molecule has 6 heteroatoms. The van der Waals surface area contributed by atoms with E-state index in [-0.39, 0.29) is 30.7 Å². The van der Waals surface area contributed by atoms with Crippen molar-refractivity contribution in [3.63, 3.8) is 0 Å². The number of carbonyl (C=O) groups excluding carboxylic acids is 1. The number of morpholine rings is 1. The van der Waals surface area contributed by atoms with Gasteiger partial charge in [-0.05, 0) is 50.0 Å². The standard InChI is InChI=1S/C24H34N2O4/c27-23-16-30-22-15-25(14-21(22)26(23)20-8-12-29-13-9-20)17-24(28)10-6-19(7-11-24)18-4-2-1-3-5-18/h1-5,19-22,28H,6-17H2/t19?,21-,22-,24?/m0/s1. The third-order valence-corrected chi connectivity index (χ3v) is 7.67. The number of rotatable bonds is 4. The minimum atomic E-state index is -0.633. The van der Waals surface area contributed by atoms with Crippen molar-refractivity contribution in [1.29, 1.82) is 0 Å². The Balaban J connectivity index is 1.20. The summed E-state index contributed by atoms with van der Waals surface area (Å²) >= 11 is 0. The summed E-state index contributed by atoms with van der Waals surface area (Å²) in [4.78, 5) is 17.1. The zero-order chi connectivity index (χ0) is 20.6. The summed E-state index contributed by atoms with van der Waals surface area (Å²) in [5.41, 5.74) is 0.762. The van der Waals surface area contributed by atoms with Gasteiger partial charge in [-0.1, -0.05) is 30.3 Å². The number of carbonyl (C=O) groups is 1. The third-order valence-electron chi connectivity index (χ3n) is 7.67. The SMILES string of the molecule is O=C1CO[C@H]2CN(CC3(O)CCC(c4ccccc4)CC3)C[C@@H]2N1C1CCOCC1. The zero-order valence-electron chi connectivity index (χ0n) is 17.7. The van der Waals surface area contributed by atoms with Crippen molar-refractivity contribution in [3.8, 4) is 0 Å². The van der Waals surface area contributed by atoms with E-state index in [1.54, 1.807) is 0 Å². The lowest BCUT2D eigenvalue weighted by Gasteiger charge is -2.43. The second kappa shape index (κ2) is 8.58. The van der Waals surface area contributed by atoms with Gasteiger partial charge in [0.15, 0.2) is 0 Å². The van der Waals surface area contributed by atoms with E-state index in [2.05, 4.69) is 40.1 Å². The maximum Gasteiger partial charge on any atom is 0.249 e. The molecule has 0 bridgehead atoms. The van der Waals surface area contributed by atoms with Crippen LogP contribution in [0.5, 0.6) is 0 Å². The molecule has 2 atom stereocenters. The molecule has 4 aliphatic rings. The van der Waals surface area contributed by atoms with Gasteiger partial charge in [0.25, 0.3) is 0 Å². The topological polar surface area (TPSA) is 62.2 Å².